The van der Waals surface area contributed by atoms with Gasteiger partial charge in [-0.1, -0.05) is 30.3 Å². The van der Waals surface area contributed by atoms with E-state index in [1.165, 1.54) is 10.8 Å². The topological polar surface area (TPSA) is 31.6 Å². The molecule has 24 heavy (non-hydrogen) atoms. The molecule has 126 valence electrons. The Morgan fingerprint density at radius 3 is 2.29 bits per heavy atom. The lowest BCUT2D eigenvalue weighted by Gasteiger charge is -2.07. The second kappa shape index (κ2) is 8.44. The first-order valence-electron chi connectivity index (χ1n) is 8.61. The zero-order valence-electron chi connectivity index (χ0n) is 14.2. The molecule has 0 fully saturated rings. The maximum atomic E-state index is 5.85. The number of rotatable bonds is 9. The number of unbranched alkanes of at least 4 members (excludes halogenated alkanes) is 3. The van der Waals surface area contributed by atoms with E-state index < -0.39 is 0 Å². The molecule has 0 bridgehead atoms. The van der Waals surface area contributed by atoms with Gasteiger partial charge in [0.25, 0.3) is 5.95 Å². The molecule has 0 aliphatic carbocycles. The minimum absolute atomic E-state index is 0.618. The first-order valence-corrected chi connectivity index (χ1v) is 8.61. The fourth-order valence-corrected chi connectivity index (χ4v) is 2.66. The zero-order valence-corrected chi connectivity index (χ0v) is 14.2. The average molecular weight is 324 g/mol. The van der Waals surface area contributed by atoms with Gasteiger partial charge in [-0.15, -0.1) is 0 Å². The normalized spacial score (nSPS) is 10.9. The molecular weight excluding hydrogens is 300 g/mol. The molecule has 0 spiro atoms. The Kier molecular flexibility index (Phi) is 5.78. The SMILES string of the molecule is Cc1coc(OCCCCCCOc2ccc3ccccc3c2)c1. The van der Waals surface area contributed by atoms with Gasteiger partial charge in [-0.05, 0) is 61.1 Å². The van der Waals surface area contributed by atoms with Crippen LogP contribution in [0.2, 0.25) is 0 Å². The Hall–Kier alpha value is -2.42. The van der Waals surface area contributed by atoms with Crippen molar-refractivity contribution in [1.29, 1.82) is 0 Å². The molecule has 3 heteroatoms. The van der Waals surface area contributed by atoms with Gasteiger partial charge in [-0.2, -0.15) is 0 Å². The van der Waals surface area contributed by atoms with Gasteiger partial charge in [0.2, 0.25) is 0 Å². The van der Waals surface area contributed by atoms with E-state index in [0.717, 1.165) is 43.6 Å². The Bertz CT molecular complexity index is 760. The summed E-state index contributed by atoms with van der Waals surface area (Å²) in [7, 11) is 0. The van der Waals surface area contributed by atoms with Crippen LogP contribution in [0.25, 0.3) is 10.8 Å². The van der Waals surface area contributed by atoms with Crippen LogP contribution in [0.15, 0.2) is 59.2 Å². The molecule has 3 nitrogen and oxygen atoms in total. The van der Waals surface area contributed by atoms with Gasteiger partial charge in [0, 0.05) is 6.07 Å². The van der Waals surface area contributed by atoms with Gasteiger partial charge in [-0.25, -0.2) is 0 Å². The van der Waals surface area contributed by atoms with Gasteiger partial charge in [0.1, 0.15) is 5.75 Å². The third-order valence-electron chi connectivity index (χ3n) is 3.98. The van der Waals surface area contributed by atoms with Crippen LogP contribution < -0.4 is 9.47 Å². The van der Waals surface area contributed by atoms with Gasteiger partial charge in [0.05, 0.1) is 19.5 Å². The Balaban J connectivity index is 1.28. The molecule has 1 aromatic heterocycles. The summed E-state index contributed by atoms with van der Waals surface area (Å²) < 4.78 is 16.6. The van der Waals surface area contributed by atoms with Crippen molar-refractivity contribution in [1.82, 2.24) is 0 Å². The summed E-state index contributed by atoms with van der Waals surface area (Å²) in [5, 5.41) is 2.47. The van der Waals surface area contributed by atoms with Crippen LogP contribution in [0.3, 0.4) is 0 Å². The summed E-state index contributed by atoms with van der Waals surface area (Å²) in [5.74, 6) is 1.57. The third kappa shape index (κ3) is 4.79. The highest BCUT2D eigenvalue weighted by molar-refractivity contribution is 5.83. The summed E-state index contributed by atoms with van der Waals surface area (Å²) in [6.07, 6.45) is 6.09. The van der Waals surface area contributed by atoms with Crippen molar-refractivity contribution in [3.63, 3.8) is 0 Å². The number of aryl methyl sites for hydroxylation is 1. The predicted octanol–water partition coefficient (Wildman–Crippen LogP) is 5.76. The first-order chi connectivity index (χ1) is 11.8. The number of hydrogen-bond acceptors (Lipinski definition) is 3. The first kappa shape index (κ1) is 16.4. The average Bonchev–Trinajstić information content (AvgIpc) is 3.02. The van der Waals surface area contributed by atoms with E-state index in [1.54, 1.807) is 6.26 Å². The molecule has 3 aromatic rings. The van der Waals surface area contributed by atoms with Gasteiger partial charge in [-0.3, -0.25) is 0 Å². The zero-order chi connectivity index (χ0) is 16.6. The van der Waals surface area contributed by atoms with Crippen LogP contribution in [0.4, 0.5) is 0 Å². The molecule has 2 aromatic carbocycles. The molecule has 0 radical (unpaired) electrons. The van der Waals surface area contributed by atoms with E-state index in [4.69, 9.17) is 13.9 Å². The van der Waals surface area contributed by atoms with Crippen molar-refractivity contribution in [2.75, 3.05) is 13.2 Å². The van der Waals surface area contributed by atoms with Crippen LogP contribution >= 0.6 is 0 Å². The fraction of sp³-hybridized carbons (Fsp3) is 0.333. The molecular formula is C21H24O3. The summed E-state index contributed by atoms with van der Waals surface area (Å²) in [6.45, 7) is 3.46. The quantitative estimate of drug-likeness (QED) is 0.469. The molecule has 3 rings (SSSR count). The number of benzene rings is 2. The molecule has 0 unspecified atom stereocenters. The van der Waals surface area contributed by atoms with E-state index in [1.807, 2.05) is 19.1 Å². The van der Waals surface area contributed by atoms with Crippen molar-refractivity contribution in [3.8, 4) is 11.7 Å². The van der Waals surface area contributed by atoms with Crippen molar-refractivity contribution >= 4 is 10.8 Å². The van der Waals surface area contributed by atoms with Crippen molar-refractivity contribution < 1.29 is 13.9 Å². The lowest BCUT2D eigenvalue weighted by atomic mass is 10.1. The van der Waals surface area contributed by atoms with Crippen LogP contribution in [-0.4, -0.2) is 13.2 Å². The predicted molar refractivity (Wildman–Crippen MR) is 96.9 cm³/mol. The van der Waals surface area contributed by atoms with E-state index in [0.29, 0.717) is 12.6 Å². The lowest BCUT2D eigenvalue weighted by molar-refractivity contribution is 0.234. The molecule has 0 aliphatic rings. The monoisotopic (exact) mass is 324 g/mol. The molecule has 0 N–H and O–H groups in total. The van der Waals surface area contributed by atoms with E-state index in [-0.39, 0.29) is 0 Å². The maximum absolute atomic E-state index is 5.85. The molecule has 1 heterocycles. The largest absolute Gasteiger partial charge is 0.494 e. The van der Waals surface area contributed by atoms with Crippen LogP contribution in [0, 0.1) is 6.92 Å². The van der Waals surface area contributed by atoms with Crippen LogP contribution in [0.5, 0.6) is 11.7 Å². The minimum Gasteiger partial charge on any atom is -0.494 e. The van der Waals surface area contributed by atoms with Crippen molar-refractivity contribution in [3.05, 3.63) is 60.4 Å². The summed E-state index contributed by atoms with van der Waals surface area (Å²) in [6, 6.07) is 16.5. The fourth-order valence-electron chi connectivity index (χ4n) is 2.66. The lowest BCUT2D eigenvalue weighted by Crippen LogP contribution is -1.99. The summed E-state index contributed by atoms with van der Waals surface area (Å²) >= 11 is 0. The molecule has 0 atom stereocenters. The van der Waals surface area contributed by atoms with E-state index in [9.17, 15) is 0 Å². The number of hydrogen-bond donors (Lipinski definition) is 0. The highest BCUT2D eigenvalue weighted by Crippen LogP contribution is 2.21. The summed E-state index contributed by atoms with van der Waals surface area (Å²) in [5.41, 5.74) is 1.09. The van der Waals surface area contributed by atoms with Crippen LogP contribution in [-0.2, 0) is 0 Å². The van der Waals surface area contributed by atoms with Gasteiger partial charge < -0.3 is 13.9 Å². The number of fused-ring (bicyclic) bond motifs is 1. The number of ether oxygens (including phenoxy) is 2. The summed E-state index contributed by atoms with van der Waals surface area (Å²) in [4.78, 5) is 0. The minimum atomic E-state index is 0.618. The highest BCUT2D eigenvalue weighted by Gasteiger charge is 2.00. The second-order valence-corrected chi connectivity index (χ2v) is 6.06. The third-order valence-corrected chi connectivity index (χ3v) is 3.98. The Morgan fingerprint density at radius 2 is 1.54 bits per heavy atom. The maximum Gasteiger partial charge on any atom is 0.284 e. The molecule has 0 saturated carbocycles. The molecule has 0 saturated heterocycles. The Labute approximate surface area is 143 Å². The smallest absolute Gasteiger partial charge is 0.284 e. The Morgan fingerprint density at radius 1 is 0.792 bits per heavy atom. The molecule has 0 aliphatic heterocycles. The van der Waals surface area contributed by atoms with E-state index in [2.05, 4.69) is 36.4 Å². The van der Waals surface area contributed by atoms with Gasteiger partial charge >= 0.3 is 0 Å². The highest BCUT2D eigenvalue weighted by atomic mass is 16.6. The van der Waals surface area contributed by atoms with Gasteiger partial charge in [0.15, 0.2) is 0 Å². The number of furan rings is 1. The van der Waals surface area contributed by atoms with E-state index >= 15 is 0 Å². The standard InChI is InChI=1S/C21H24O3/c1-17-14-21(24-16-17)23-13-7-3-2-6-12-22-20-11-10-18-8-4-5-9-19(18)15-20/h4-5,8-11,14-16H,2-3,6-7,12-13H2,1H3. The van der Waals surface area contributed by atoms with Crippen molar-refractivity contribution in [2.24, 2.45) is 0 Å². The molecule has 0 amide bonds. The second-order valence-electron chi connectivity index (χ2n) is 6.06. The van der Waals surface area contributed by atoms with Crippen LogP contribution in [0.1, 0.15) is 31.2 Å². The van der Waals surface area contributed by atoms with Crippen molar-refractivity contribution in [2.45, 2.75) is 32.6 Å².